The van der Waals surface area contributed by atoms with Gasteiger partial charge in [-0.25, -0.2) is 0 Å². The quantitative estimate of drug-likeness (QED) is 0.523. The fourth-order valence-electron chi connectivity index (χ4n) is 2.58. The SMILES string of the molecule is CC(=O)NC1C(O)OC(CO)C(C(C)(C)C)C1O. The van der Waals surface area contributed by atoms with Crippen molar-refractivity contribution in [1.29, 1.82) is 0 Å². The third-order valence-electron chi connectivity index (χ3n) is 3.31. The Labute approximate surface area is 107 Å². The molecule has 18 heavy (non-hydrogen) atoms. The highest BCUT2D eigenvalue weighted by molar-refractivity contribution is 5.73. The summed E-state index contributed by atoms with van der Waals surface area (Å²) in [5.74, 6) is -0.737. The van der Waals surface area contributed by atoms with Crippen molar-refractivity contribution in [2.45, 2.75) is 52.2 Å². The van der Waals surface area contributed by atoms with Gasteiger partial charge in [0.1, 0.15) is 6.04 Å². The number of carbonyl (C=O) groups is 1. The largest absolute Gasteiger partial charge is 0.394 e. The summed E-state index contributed by atoms with van der Waals surface area (Å²) in [4.78, 5) is 11.1. The number of amides is 1. The minimum atomic E-state index is -1.32. The summed E-state index contributed by atoms with van der Waals surface area (Å²) < 4.78 is 5.29. The second-order valence-electron chi connectivity index (χ2n) is 5.86. The van der Waals surface area contributed by atoms with Gasteiger partial charge in [0.2, 0.25) is 5.91 Å². The molecule has 4 N–H and O–H groups in total. The molecule has 0 aromatic rings. The molecule has 5 atom stereocenters. The topological polar surface area (TPSA) is 99.0 Å². The van der Waals surface area contributed by atoms with Crippen LogP contribution in [0.3, 0.4) is 0 Å². The second-order valence-corrected chi connectivity index (χ2v) is 5.86. The zero-order valence-corrected chi connectivity index (χ0v) is 11.3. The number of carbonyl (C=O) groups excluding carboxylic acids is 1. The molecule has 0 radical (unpaired) electrons. The normalized spacial score (nSPS) is 37.4. The van der Waals surface area contributed by atoms with Crippen LogP contribution in [0.15, 0.2) is 0 Å². The first-order chi connectivity index (χ1) is 8.18. The Kier molecular flexibility index (Phi) is 4.72. The van der Waals surface area contributed by atoms with Gasteiger partial charge in [0.25, 0.3) is 0 Å². The van der Waals surface area contributed by atoms with Gasteiger partial charge in [-0.3, -0.25) is 4.79 Å². The van der Waals surface area contributed by atoms with E-state index in [-0.39, 0.29) is 23.8 Å². The molecule has 0 spiro atoms. The van der Waals surface area contributed by atoms with Crippen LogP contribution in [0.4, 0.5) is 0 Å². The van der Waals surface area contributed by atoms with E-state index < -0.39 is 24.5 Å². The zero-order valence-electron chi connectivity index (χ0n) is 11.3. The number of nitrogens with one attached hydrogen (secondary N) is 1. The first-order valence-corrected chi connectivity index (χ1v) is 6.08. The van der Waals surface area contributed by atoms with Crippen LogP contribution in [0.2, 0.25) is 0 Å². The van der Waals surface area contributed by atoms with Crippen LogP contribution in [0.25, 0.3) is 0 Å². The molecule has 106 valence electrons. The molecule has 1 amide bonds. The van der Waals surface area contributed by atoms with Crippen molar-refractivity contribution in [1.82, 2.24) is 5.32 Å². The maximum absolute atomic E-state index is 11.1. The molecule has 6 heteroatoms. The Morgan fingerprint density at radius 1 is 1.33 bits per heavy atom. The van der Waals surface area contributed by atoms with Crippen molar-refractivity contribution in [3.05, 3.63) is 0 Å². The monoisotopic (exact) mass is 261 g/mol. The van der Waals surface area contributed by atoms with E-state index >= 15 is 0 Å². The van der Waals surface area contributed by atoms with Crippen molar-refractivity contribution >= 4 is 5.91 Å². The fraction of sp³-hybridized carbons (Fsp3) is 0.917. The highest BCUT2D eigenvalue weighted by atomic mass is 16.6. The standard InChI is InChI=1S/C12H23NO5/c1-6(15)13-9-10(16)8(12(2,3)4)7(5-14)18-11(9)17/h7-11,14,16-17H,5H2,1-4H3,(H,13,15). The van der Waals surface area contributed by atoms with Crippen molar-refractivity contribution in [3.8, 4) is 0 Å². The first-order valence-electron chi connectivity index (χ1n) is 6.08. The molecule has 0 saturated carbocycles. The lowest BCUT2D eigenvalue weighted by Gasteiger charge is -2.48. The van der Waals surface area contributed by atoms with Gasteiger partial charge in [-0.2, -0.15) is 0 Å². The maximum Gasteiger partial charge on any atom is 0.217 e. The molecule has 6 nitrogen and oxygen atoms in total. The van der Waals surface area contributed by atoms with Crippen molar-refractivity contribution in [2.75, 3.05) is 6.61 Å². The number of rotatable bonds is 2. The second kappa shape index (κ2) is 5.52. The number of hydrogen-bond donors (Lipinski definition) is 4. The number of aliphatic hydroxyl groups is 3. The molecular weight excluding hydrogens is 238 g/mol. The van der Waals surface area contributed by atoms with Gasteiger partial charge >= 0.3 is 0 Å². The van der Waals surface area contributed by atoms with E-state index in [0.29, 0.717) is 0 Å². The van der Waals surface area contributed by atoms with E-state index in [9.17, 15) is 20.1 Å². The van der Waals surface area contributed by atoms with Gasteiger partial charge in [-0.1, -0.05) is 20.8 Å². The van der Waals surface area contributed by atoms with Crippen LogP contribution in [0, 0.1) is 11.3 Å². The van der Waals surface area contributed by atoms with E-state index in [4.69, 9.17) is 4.74 Å². The molecular formula is C12H23NO5. The molecule has 1 aliphatic heterocycles. The average molecular weight is 261 g/mol. The summed E-state index contributed by atoms with van der Waals surface area (Å²) in [6, 6.07) is -0.880. The summed E-state index contributed by atoms with van der Waals surface area (Å²) in [7, 11) is 0. The molecule has 1 fully saturated rings. The summed E-state index contributed by atoms with van der Waals surface area (Å²) >= 11 is 0. The Hall–Kier alpha value is -0.690. The van der Waals surface area contributed by atoms with E-state index in [1.165, 1.54) is 6.92 Å². The predicted molar refractivity (Wildman–Crippen MR) is 64.5 cm³/mol. The Bertz CT molecular complexity index is 301. The predicted octanol–water partition coefficient (Wildman–Crippen LogP) is -0.776. The first kappa shape index (κ1) is 15.4. The van der Waals surface area contributed by atoms with Gasteiger partial charge in [-0.05, 0) is 5.41 Å². The van der Waals surface area contributed by atoms with E-state index in [1.807, 2.05) is 20.8 Å². The Morgan fingerprint density at radius 3 is 2.28 bits per heavy atom. The van der Waals surface area contributed by atoms with Crippen LogP contribution in [-0.2, 0) is 9.53 Å². The van der Waals surface area contributed by atoms with E-state index in [0.717, 1.165) is 0 Å². The van der Waals surface area contributed by atoms with Crippen LogP contribution >= 0.6 is 0 Å². The lowest BCUT2D eigenvalue weighted by atomic mass is 9.71. The third kappa shape index (κ3) is 3.20. The fourth-order valence-corrected chi connectivity index (χ4v) is 2.58. The van der Waals surface area contributed by atoms with E-state index in [2.05, 4.69) is 5.32 Å². The molecule has 0 bridgehead atoms. The van der Waals surface area contributed by atoms with E-state index in [1.54, 1.807) is 0 Å². The summed E-state index contributed by atoms with van der Waals surface area (Å²) in [5, 5.41) is 31.9. The van der Waals surface area contributed by atoms with Crippen molar-refractivity contribution in [3.63, 3.8) is 0 Å². The molecule has 1 rings (SSSR count). The summed E-state index contributed by atoms with van der Waals surface area (Å²) in [6.07, 6.45) is -2.95. The molecule has 0 aliphatic carbocycles. The zero-order chi connectivity index (χ0) is 14.1. The lowest BCUT2D eigenvalue weighted by Crippen LogP contribution is -2.64. The van der Waals surface area contributed by atoms with Crippen molar-refractivity contribution in [2.24, 2.45) is 11.3 Å². The van der Waals surface area contributed by atoms with Gasteiger partial charge in [0.05, 0.1) is 18.8 Å². The van der Waals surface area contributed by atoms with Crippen LogP contribution in [0.1, 0.15) is 27.7 Å². The number of ether oxygens (including phenoxy) is 1. The Balaban J connectivity index is 2.96. The molecule has 0 aromatic heterocycles. The maximum atomic E-state index is 11.1. The molecule has 1 saturated heterocycles. The smallest absolute Gasteiger partial charge is 0.217 e. The molecule has 0 aromatic carbocycles. The minimum Gasteiger partial charge on any atom is -0.394 e. The average Bonchev–Trinajstić information content (AvgIpc) is 2.20. The van der Waals surface area contributed by atoms with Gasteiger partial charge in [0.15, 0.2) is 6.29 Å². The van der Waals surface area contributed by atoms with Crippen LogP contribution in [-0.4, -0.2) is 52.4 Å². The molecule has 1 aliphatic rings. The van der Waals surface area contributed by atoms with Gasteiger partial charge in [0, 0.05) is 12.8 Å². The lowest BCUT2D eigenvalue weighted by molar-refractivity contribution is -0.253. The summed E-state index contributed by atoms with van der Waals surface area (Å²) in [6.45, 7) is 6.76. The number of hydrogen-bond acceptors (Lipinski definition) is 5. The van der Waals surface area contributed by atoms with Crippen LogP contribution in [0.5, 0.6) is 0 Å². The summed E-state index contributed by atoms with van der Waals surface area (Å²) in [5.41, 5.74) is -0.330. The minimum absolute atomic E-state index is 0.289. The molecule has 5 unspecified atom stereocenters. The molecule has 1 heterocycles. The number of aliphatic hydroxyl groups excluding tert-OH is 3. The van der Waals surface area contributed by atoms with Gasteiger partial charge < -0.3 is 25.4 Å². The third-order valence-corrected chi connectivity index (χ3v) is 3.31. The Morgan fingerprint density at radius 2 is 1.89 bits per heavy atom. The van der Waals surface area contributed by atoms with Crippen molar-refractivity contribution < 1.29 is 24.9 Å². The van der Waals surface area contributed by atoms with Gasteiger partial charge in [-0.15, -0.1) is 0 Å². The van der Waals surface area contributed by atoms with Crippen LogP contribution < -0.4 is 5.32 Å². The highest BCUT2D eigenvalue weighted by Gasteiger charge is 2.49. The highest BCUT2D eigenvalue weighted by Crippen LogP contribution is 2.38.